The summed E-state index contributed by atoms with van der Waals surface area (Å²) < 4.78 is 5.74. The van der Waals surface area contributed by atoms with E-state index in [2.05, 4.69) is 5.32 Å². The number of benzene rings is 1. The number of rotatable bonds is 9. The molecule has 4 N–H and O–H groups in total. The minimum absolute atomic E-state index is 0. The first-order valence-electron chi connectivity index (χ1n) is 8.56. The summed E-state index contributed by atoms with van der Waals surface area (Å²) in [5.41, 5.74) is 6.44. The van der Waals surface area contributed by atoms with Gasteiger partial charge in [-0.3, -0.25) is 4.79 Å². The second-order valence-corrected chi connectivity index (χ2v) is 6.33. The molecule has 5 nitrogen and oxygen atoms in total. The molecular formula is C18H30Cl2N2O3. The molecule has 0 aromatic heterocycles. The van der Waals surface area contributed by atoms with Gasteiger partial charge in [-0.15, -0.1) is 24.8 Å². The fourth-order valence-corrected chi connectivity index (χ4v) is 2.96. The van der Waals surface area contributed by atoms with Crippen LogP contribution < -0.4 is 15.8 Å². The van der Waals surface area contributed by atoms with E-state index in [0.717, 1.165) is 30.3 Å². The Hall–Kier alpha value is -1.01. The van der Waals surface area contributed by atoms with Crippen molar-refractivity contribution in [3.05, 3.63) is 29.8 Å². The van der Waals surface area contributed by atoms with E-state index in [-0.39, 0.29) is 24.8 Å². The van der Waals surface area contributed by atoms with E-state index in [9.17, 15) is 4.79 Å². The van der Waals surface area contributed by atoms with Gasteiger partial charge in [-0.25, -0.2) is 0 Å². The Labute approximate surface area is 162 Å². The maximum absolute atomic E-state index is 10.7. The molecule has 0 radical (unpaired) electrons. The molecule has 1 atom stereocenters. The number of halogens is 2. The second kappa shape index (κ2) is 13.2. The van der Waals surface area contributed by atoms with Crippen LogP contribution in [-0.4, -0.2) is 36.8 Å². The van der Waals surface area contributed by atoms with Gasteiger partial charge < -0.3 is 20.9 Å². The zero-order chi connectivity index (χ0) is 16.5. The number of aliphatic carboxylic acids is 1. The summed E-state index contributed by atoms with van der Waals surface area (Å²) in [4.78, 5) is 10.7. The van der Waals surface area contributed by atoms with Gasteiger partial charge in [0.1, 0.15) is 11.8 Å². The number of carboxylic acid groups (broad SMARTS) is 1. The first kappa shape index (κ1) is 24.0. The molecule has 0 bridgehead atoms. The Morgan fingerprint density at radius 3 is 2.44 bits per heavy atom. The van der Waals surface area contributed by atoms with E-state index in [0.29, 0.717) is 6.42 Å². The Morgan fingerprint density at radius 2 is 1.84 bits per heavy atom. The van der Waals surface area contributed by atoms with Crippen molar-refractivity contribution < 1.29 is 14.6 Å². The van der Waals surface area contributed by atoms with Gasteiger partial charge in [-0.2, -0.15) is 0 Å². The van der Waals surface area contributed by atoms with Gasteiger partial charge in [0.25, 0.3) is 0 Å². The minimum Gasteiger partial charge on any atom is -0.494 e. The summed E-state index contributed by atoms with van der Waals surface area (Å²) in [6.45, 7) is 3.07. The van der Waals surface area contributed by atoms with E-state index in [1.807, 2.05) is 24.3 Å². The lowest BCUT2D eigenvalue weighted by Crippen LogP contribution is -2.32. The van der Waals surface area contributed by atoms with Crippen LogP contribution in [0.1, 0.15) is 37.7 Å². The van der Waals surface area contributed by atoms with Crippen LogP contribution in [0, 0.1) is 5.92 Å². The van der Waals surface area contributed by atoms with Gasteiger partial charge in [0.05, 0.1) is 6.61 Å². The average Bonchev–Trinajstić information content (AvgIpc) is 2.57. The fraction of sp³-hybridized carbons (Fsp3) is 0.611. The lowest BCUT2D eigenvalue weighted by atomic mass is 9.93. The van der Waals surface area contributed by atoms with E-state index < -0.39 is 12.0 Å². The fourth-order valence-electron chi connectivity index (χ4n) is 2.96. The highest BCUT2D eigenvalue weighted by Gasteiger charge is 2.13. The Kier molecular flexibility index (Phi) is 12.7. The number of ether oxygens (including phenoxy) is 1. The van der Waals surface area contributed by atoms with Crippen molar-refractivity contribution in [2.75, 3.05) is 19.7 Å². The van der Waals surface area contributed by atoms with Crippen molar-refractivity contribution in [2.45, 2.75) is 44.6 Å². The van der Waals surface area contributed by atoms with Crippen LogP contribution in [0.15, 0.2) is 24.3 Å². The molecule has 1 aromatic rings. The molecular weight excluding hydrogens is 363 g/mol. The lowest BCUT2D eigenvalue weighted by molar-refractivity contribution is -0.138. The zero-order valence-electron chi connectivity index (χ0n) is 14.5. The molecule has 0 spiro atoms. The zero-order valence-corrected chi connectivity index (χ0v) is 16.1. The number of nitrogens with one attached hydrogen (secondary N) is 1. The number of nitrogens with two attached hydrogens (primary N) is 1. The van der Waals surface area contributed by atoms with Crippen molar-refractivity contribution >= 4 is 30.8 Å². The maximum atomic E-state index is 10.7. The number of hydrogen-bond acceptors (Lipinski definition) is 4. The van der Waals surface area contributed by atoms with Crippen LogP contribution in [0.25, 0.3) is 0 Å². The van der Waals surface area contributed by atoms with Crippen LogP contribution in [0.3, 0.4) is 0 Å². The second-order valence-electron chi connectivity index (χ2n) is 6.33. The van der Waals surface area contributed by atoms with Crippen LogP contribution in [-0.2, 0) is 11.2 Å². The summed E-state index contributed by atoms with van der Waals surface area (Å²) in [5, 5.41) is 12.2. The number of piperidine rings is 1. The van der Waals surface area contributed by atoms with Crippen molar-refractivity contribution in [1.29, 1.82) is 0 Å². The summed E-state index contributed by atoms with van der Waals surface area (Å²) in [7, 11) is 0. The van der Waals surface area contributed by atoms with Gasteiger partial charge in [-0.05, 0) is 68.8 Å². The third-order valence-electron chi connectivity index (χ3n) is 4.43. The van der Waals surface area contributed by atoms with Crippen LogP contribution >= 0.6 is 24.8 Å². The van der Waals surface area contributed by atoms with Gasteiger partial charge in [0.2, 0.25) is 0 Å². The first-order valence-corrected chi connectivity index (χ1v) is 8.56. The normalized spacial score (nSPS) is 15.6. The third kappa shape index (κ3) is 9.31. The van der Waals surface area contributed by atoms with E-state index in [4.69, 9.17) is 15.6 Å². The first-order chi connectivity index (χ1) is 11.1. The molecule has 0 amide bonds. The molecule has 2 rings (SSSR count). The van der Waals surface area contributed by atoms with Gasteiger partial charge >= 0.3 is 5.97 Å². The standard InChI is InChI=1S/C18H28N2O3.2ClH/c19-17(18(21)22)13-15-4-6-16(7-5-15)23-12-2-1-3-14-8-10-20-11-9-14;;/h4-7,14,17,20H,1-3,8-13,19H2,(H,21,22);2*1H/t17-;;/m0../s1. The third-order valence-corrected chi connectivity index (χ3v) is 4.43. The van der Waals surface area contributed by atoms with Crippen LogP contribution in [0.5, 0.6) is 5.75 Å². The summed E-state index contributed by atoms with van der Waals surface area (Å²) >= 11 is 0. The molecule has 0 unspecified atom stereocenters. The molecule has 0 aliphatic carbocycles. The molecule has 0 saturated carbocycles. The highest BCUT2D eigenvalue weighted by atomic mass is 35.5. The highest BCUT2D eigenvalue weighted by Crippen LogP contribution is 2.19. The molecule has 144 valence electrons. The monoisotopic (exact) mass is 392 g/mol. The Bertz CT molecular complexity index is 480. The van der Waals surface area contributed by atoms with Crippen molar-refractivity contribution in [3.63, 3.8) is 0 Å². The molecule has 7 heteroatoms. The van der Waals surface area contributed by atoms with Crippen molar-refractivity contribution in [3.8, 4) is 5.75 Å². The largest absolute Gasteiger partial charge is 0.494 e. The maximum Gasteiger partial charge on any atom is 0.320 e. The smallest absolute Gasteiger partial charge is 0.320 e. The molecule has 1 heterocycles. The topological polar surface area (TPSA) is 84.6 Å². The van der Waals surface area contributed by atoms with Gasteiger partial charge in [0, 0.05) is 0 Å². The predicted octanol–water partition coefficient (Wildman–Crippen LogP) is 3.03. The molecule has 1 aromatic carbocycles. The number of carboxylic acids is 1. The van der Waals surface area contributed by atoms with Crippen molar-refractivity contribution in [1.82, 2.24) is 5.32 Å². The number of unbranched alkanes of at least 4 members (excludes halogenated alkanes) is 1. The van der Waals surface area contributed by atoms with E-state index in [1.165, 1.54) is 38.8 Å². The Balaban J connectivity index is 0.00000288. The van der Waals surface area contributed by atoms with E-state index >= 15 is 0 Å². The summed E-state index contributed by atoms with van der Waals surface area (Å²) in [5.74, 6) is 0.743. The summed E-state index contributed by atoms with van der Waals surface area (Å²) in [6.07, 6.45) is 6.55. The van der Waals surface area contributed by atoms with Crippen molar-refractivity contribution in [2.24, 2.45) is 11.7 Å². The SMILES string of the molecule is Cl.Cl.N[C@@H](Cc1ccc(OCCCCC2CCNCC2)cc1)C(=O)O. The van der Waals surface area contributed by atoms with E-state index in [1.54, 1.807) is 0 Å². The minimum atomic E-state index is -0.973. The quantitative estimate of drug-likeness (QED) is 0.562. The predicted molar refractivity (Wildman–Crippen MR) is 105 cm³/mol. The molecule has 1 aliphatic heterocycles. The average molecular weight is 393 g/mol. The number of carbonyl (C=O) groups is 1. The lowest BCUT2D eigenvalue weighted by Gasteiger charge is -2.22. The number of hydrogen-bond donors (Lipinski definition) is 3. The molecule has 1 fully saturated rings. The highest BCUT2D eigenvalue weighted by molar-refractivity contribution is 5.85. The van der Waals surface area contributed by atoms with Gasteiger partial charge in [0.15, 0.2) is 0 Å². The summed E-state index contributed by atoms with van der Waals surface area (Å²) in [6, 6.07) is 6.69. The Morgan fingerprint density at radius 1 is 1.20 bits per heavy atom. The molecule has 1 aliphatic rings. The van der Waals surface area contributed by atoms with Crippen LogP contribution in [0.4, 0.5) is 0 Å². The molecule has 1 saturated heterocycles. The van der Waals surface area contributed by atoms with Gasteiger partial charge in [-0.1, -0.05) is 18.6 Å². The molecule has 25 heavy (non-hydrogen) atoms. The van der Waals surface area contributed by atoms with Crippen LogP contribution in [0.2, 0.25) is 0 Å².